The molecule has 1 aliphatic carbocycles. The number of carbonyl (C=O) groups is 1. The molecule has 81 valence electrons. The molecule has 2 N–H and O–H groups in total. The summed E-state index contributed by atoms with van der Waals surface area (Å²) in [5.74, 6) is -0.738. The van der Waals surface area contributed by atoms with Crippen molar-refractivity contribution in [1.29, 1.82) is 0 Å². The molecule has 0 aromatic rings. The van der Waals surface area contributed by atoms with Crippen LogP contribution in [0.2, 0.25) is 0 Å². The third kappa shape index (κ3) is 2.47. The summed E-state index contributed by atoms with van der Waals surface area (Å²) in [5, 5.41) is 18.8. The molecule has 1 aliphatic rings. The highest BCUT2D eigenvalue weighted by molar-refractivity contribution is 5.74. The number of carboxylic acids is 1. The fraction of sp³-hybridized carbons (Fsp3) is 0.818. The summed E-state index contributed by atoms with van der Waals surface area (Å²) >= 11 is 0. The zero-order valence-corrected chi connectivity index (χ0v) is 8.70. The summed E-state index contributed by atoms with van der Waals surface area (Å²) in [4.78, 5) is 11.2. The number of aliphatic hydroxyl groups excluding tert-OH is 1. The molecule has 1 rings (SSSR count). The minimum atomic E-state index is -0.738. The van der Waals surface area contributed by atoms with Gasteiger partial charge in [-0.2, -0.15) is 0 Å². The average molecular weight is 199 g/mol. The molecule has 0 bridgehead atoms. The SMILES string of the molecule is CCC(O)CC1(C(=O)O)CC[CH]CC1. The van der Waals surface area contributed by atoms with Crippen molar-refractivity contribution in [3.8, 4) is 0 Å². The van der Waals surface area contributed by atoms with Gasteiger partial charge >= 0.3 is 5.97 Å². The number of carboxylic acid groups (broad SMARTS) is 1. The molecule has 0 aliphatic heterocycles. The number of rotatable bonds is 4. The minimum Gasteiger partial charge on any atom is -0.481 e. The van der Waals surface area contributed by atoms with Crippen LogP contribution < -0.4 is 0 Å². The van der Waals surface area contributed by atoms with Gasteiger partial charge in [0.15, 0.2) is 0 Å². The Balaban J connectivity index is 2.65. The molecule has 1 unspecified atom stereocenters. The standard InChI is InChI=1S/C11H19O3/c1-2-9(12)8-11(10(13)14)6-4-3-5-7-11/h3,9,12H,2,4-8H2,1H3,(H,13,14). The highest BCUT2D eigenvalue weighted by Gasteiger charge is 2.40. The molecule has 1 fully saturated rings. The van der Waals surface area contributed by atoms with Gasteiger partial charge in [0.2, 0.25) is 0 Å². The molecule has 0 aromatic carbocycles. The molecule has 0 heterocycles. The Bertz CT molecular complexity index is 195. The topological polar surface area (TPSA) is 57.5 Å². The lowest BCUT2D eigenvalue weighted by Crippen LogP contribution is -2.36. The largest absolute Gasteiger partial charge is 0.481 e. The third-order valence-electron chi connectivity index (χ3n) is 3.21. The first kappa shape index (κ1) is 11.5. The van der Waals surface area contributed by atoms with Gasteiger partial charge in [0.25, 0.3) is 0 Å². The maximum atomic E-state index is 11.2. The van der Waals surface area contributed by atoms with Crippen molar-refractivity contribution >= 4 is 5.97 Å². The van der Waals surface area contributed by atoms with E-state index in [0.29, 0.717) is 25.7 Å². The van der Waals surface area contributed by atoms with Crippen LogP contribution in [-0.4, -0.2) is 22.3 Å². The first-order valence-electron chi connectivity index (χ1n) is 5.34. The van der Waals surface area contributed by atoms with Crippen LogP contribution in [0.3, 0.4) is 0 Å². The first-order chi connectivity index (χ1) is 6.60. The lowest BCUT2D eigenvalue weighted by molar-refractivity contribution is -0.153. The van der Waals surface area contributed by atoms with Gasteiger partial charge in [-0.1, -0.05) is 6.92 Å². The third-order valence-corrected chi connectivity index (χ3v) is 3.21. The predicted molar refractivity (Wildman–Crippen MR) is 53.8 cm³/mol. The Morgan fingerprint density at radius 1 is 1.50 bits per heavy atom. The van der Waals surface area contributed by atoms with Crippen LogP contribution in [-0.2, 0) is 4.79 Å². The number of hydrogen-bond acceptors (Lipinski definition) is 2. The Morgan fingerprint density at radius 3 is 2.50 bits per heavy atom. The van der Waals surface area contributed by atoms with Crippen molar-refractivity contribution in [2.24, 2.45) is 5.41 Å². The molecule has 1 radical (unpaired) electrons. The fourth-order valence-corrected chi connectivity index (χ4v) is 2.13. The zero-order valence-electron chi connectivity index (χ0n) is 8.70. The molecule has 1 atom stereocenters. The molecule has 0 saturated heterocycles. The van der Waals surface area contributed by atoms with Gasteiger partial charge in [-0.3, -0.25) is 4.79 Å². The van der Waals surface area contributed by atoms with Gasteiger partial charge in [-0.05, 0) is 44.9 Å². The lowest BCUT2D eigenvalue weighted by atomic mass is 9.70. The van der Waals surface area contributed by atoms with Crippen LogP contribution in [0.4, 0.5) is 0 Å². The lowest BCUT2D eigenvalue weighted by Gasteiger charge is -2.34. The predicted octanol–water partition coefficient (Wildman–Crippen LogP) is 2.00. The van der Waals surface area contributed by atoms with Gasteiger partial charge < -0.3 is 10.2 Å². The van der Waals surface area contributed by atoms with Gasteiger partial charge in [0.1, 0.15) is 0 Å². The molecule has 3 heteroatoms. The smallest absolute Gasteiger partial charge is 0.309 e. The summed E-state index contributed by atoms with van der Waals surface area (Å²) in [6.07, 6.45) is 5.80. The van der Waals surface area contributed by atoms with E-state index in [0.717, 1.165) is 12.8 Å². The van der Waals surface area contributed by atoms with E-state index in [-0.39, 0.29) is 0 Å². The van der Waals surface area contributed by atoms with Crippen LogP contribution in [0.1, 0.15) is 45.4 Å². The number of aliphatic hydroxyl groups is 1. The van der Waals surface area contributed by atoms with Gasteiger partial charge in [0, 0.05) is 0 Å². The zero-order chi connectivity index (χ0) is 10.6. The highest BCUT2D eigenvalue weighted by Crippen LogP contribution is 2.40. The van der Waals surface area contributed by atoms with E-state index in [9.17, 15) is 15.0 Å². The Hall–Kier alpha value is -0.570. The summed E-state index contributed by atoms with van der Waals surface area (Å²) < 4.78 is 0. The molecular weight excluding hydrogens is 180 g/mol. The summed E-state index contributed by atoms with van der Waals surface area (Å²) in [7, 11) is 0. The van der Waals surface area contributed by atoms with Crippen molar-refractivity contribution in [3.63, 3.8) is 0 Å². The van der Waals surface area contributed by atoms with Crippen LogP contribution in [0.15, 0.2) is 0 Å². The van der Waals surface area contributed by atoms with E-state index < -0.39 is 17.5 Å². The first-order valence-corrected chi connectivity index (χ1v) is 5.34. The normalized spacial score (nSPS) is 23.0. The van der Waals surface area contributed by atoms with Crippen LogP contribution in [0, 0.1) is 11.8 Å². The molecule has 3 nitrogen and oxygen atoms in total. The monoisotopic (exact) mass is 199 g/mol. The second-order valence-electron chi connectivity index (χ2n) is 4.22. The van der Waals surface area contributed by atoms with E-state index in [1.807, 2.05) is 6.92 Å². The molecule has 0 aromatic heterocycles. The molecule has 1 saturated carbocycles. The number of aliphatic carboxylic acids is 1. The minimum absolute atomic E-state index is 0.409. The second-order valence-corrected chi connectivity index (χ2v) is 4.22. The van der Waals surface area contributed by atoms with Crippen molar-refractivity contribution in [1.82, 2.24) is 0 Å². The van der Waals surface area contributed by atoms with Crippen LogP contribution in [0.25, 0.3) is 0 Å². The van der Waals surface area contributed by atoms with Crippen molar-refractivity contribution in [3.05, 3.63) is 6.42 Å². The van der Waals surface area contributed by atoms with E-state index in [2.05, 4.69) is 6.42 Å². The van der Waals surface area contributed by atoms with Gasteiger partial charge in [-0.25, -0.2) is 0 Å². The summed E-state index contributed by atoms with van der Waals surface area (Å²) in [5.41, 5.74) is -0.663. The molecule has 0 amide bonds. The molecule has 14 heavy (non-hydrogen) atoms. The van der Waals surface area contributed by atoms with Crippen molar-refractivity contribution < 1.29 is 15.0 Å². The fourth-order valence-electron chi connectivity index (χ4n) is 2.13. The highest BCUT2D eigenvalue weighted by atomic mass is 16.4. The van der Waals surface area contributed by atoms with Crippen molar-refractivity contribution in [2.45, 2.75) is 51.6 Å². The van der Waals surface area contributed by atoms with Crippen LogP contribution >= 0.6 is 0 Å². The second kappa shape index (κ2) is 4.78. The van der Waals surface area contributed by atoms with Crippen molar-refractivity contribution in [2.75, 3.05) is 0 Å². The Kier molecular flexibility index (Phi) is 3.93. The summed E-state index contributed by atoms with van der Waals surface area (Å²) in [6, 6.07) is 0. The quantitative estimate of drug-likeness (QED) is 0.728. The van der Waals surface area contributed by atoms with E-state index >= 15 is 0 Å². The van der Waals surface area contributed by atoms with E-state index in [1.54, 1.807) is 0 Å². The van der Waals surface area contributed by atoms with Crippen LogP contribution in [0.5, 0.6) is 0 Å². The Labute approximate surface area is 85.1 Å². The molecule has 0 spiro atoms. The molecular formula is C11H19O3. The van der Waals surface area contributed by atoms with Gasteiger partial charge in [-0.15, -0.1) is 0 Å². The van der Waals surface area contributed by atoms with E-state index in [1.165, 1.54) is 0 Å². The number of hydrogen-bond donors (Lipinski definition) is 2. The average Bonchev–Trinajstić information content (AvgIpc) is 2.19. The maximum absolute atomic E-state index is 11.2. The maximum Gasteiger partial charge on any atom is 0.309 e. The van der Waals surface area contributed by atoms with E-state index in [4.69, 9.17) is 0 Å². The summed E-state index contributed by atoms with van der Waals surface area (Å²) in [6.45, 7) is 1.88. The van der Waals surface area contributed by atoms with Gasteiger partial charge in [0.05, 0.1) is 11.5 Å². The Morgan fingerprint density at radius 2 is 2.07 bits per heavy atom.